The molecule has 0 aliphatic carbocycles. The maximum absolute atomic E-state index is 12.0. The summed E-state index contributed by atoms with van der Waals surface area (Å²) in [6.45, 7) is 2.99. The first-order valence-electron chi connectivity index (χ1n) is 7.05. The molecular weight excluding hydrogens is 284 g/mol. The molecule has 4 heteroatoms. The lowest BCUT2D eigenvalue weighted by Gasteiger charge is -2.21. The fraction of sp³-hybridized carbons (Fsp3) is 0.353. The number of likely N-dealkylation sites (N-methyl/N-ethyl adjacent to an activating group) is 1. The number of benzene rings is 2. The normalized spacial score (nSPS) is 11.8. The van der Waals surface area contributed by atoms with E-state index in [-0.39, 0.29) is 24.2 Å². The van der Waals surface area contributed by atoms with E-state index in [2.05, 4.69) is 36.4 Å². The zero-order chi connectivity index (χ0) is 14.5. The maximum Gasteiger partial charge on any atom is 0.226 e. The Balaban J connectivity index is 0.00000220. The number of nitrogens with two attached hydrogens (primary N) is 1. The largest absolute Gasteiger partial charge is 0.345 e. The van der Waals surface area contributed by atoms with Crippen LogP contribution in [0.5, 0.6) is 0 Å². The summed E-state index contributed by atoms with van der Waals surface area (Å²) in [7, 11) is 1.85. The molecule has 0 heterocycles. The maximum atomic E-state index is 12.0. The first-order valence-corrected chi connectivity index (χ1v) is 7.05. The van der Waals surface area contributed by atoms with Crippen molar-refractivity contribution in [2.75, 3.05) is 20.1 Å². The highest BCUT2D eigenvalue weighted by molar-refractivity contribution is 5.86. The van der Waals surface area contributed by atoms with E-state index in [9.17, 15) is 4.79 Å². The Hall–Kier alpha value is -1.58. The molecule has 21 heavy (non-hydrogen) atoms. The van der Waals surface area contributed by atoms with Crippen LogP contribution in [0.1, 0.15) is 12.5 Å². The molecule has 2 rings (SSSR count). The van der Waals surface area contributed by atoms with E-state index in [0.29, 0.717) is 6.54 Å². The van der Waals surface area contributed by atoms with E-state index in [4.69, 9.17) is 5.73 Å². The summed E-state index contributed by atoms with van der Waals surface area (Å²) in [4.78, 5) is 13.8. The van der Waals surface area contributed by atoms with Crippen molar-refractivity contribution in [3.8, 4) is 0 Å². The smallest absolute Gasteiger partial charge is 0.226 e. The minimum absolute atomic E-state index is 0. The van der Waals surface area contributed by atoms with Crippen molar-refractivity contribution >= 4 is 29.1 Å². The van der Waals surface area contributed by atoms with E-state index in [1.807, 2.05) is 20.0 Å². The Kier molecular flexibility index (Phi) is 6.66. The third-order valence-corrected chi connectivity index (χ3v) is 3.75. The van der Waals surface area contributed by atoms with Crippen LogP contribution in [0.2, 0.25) is 0 Å². The Morgan fingerprint density at radius 1 is 1.19 bits per heavy atom. The number of carbonyl (C=O) groups excluding carboxylic acids is 1. The minimum atomic E-state index is -0.104. The minimum Gasteiger partial charge on any atom is -0.345 e. The lowest BCUT2D eigenvalue weighted by molar-refractivity contribution is -0.133. The van der Waals surface area contributed by atoms with Gasteiger partial charge in [-0.05, 0) is 22.8 Å². The molecule has 2 aromatic rings. The van der Waals surface area contributed by atoms with Gasteiger partial charge in [-0.25, -0.2) is 0 Å². The van der Waals surface area contributed by atoms with E-state index < -0.39 is 0 Å². The van der Waals surface area contributed by atoms with Crippen LogP contribution < -0.4 is 5.73 Å². The molecule has 114 valence electrons. The number of fused-ring (bicyclic) bond motifs is 1. The topological polar surface area (TPSA) is 46.3 Å². The Labute approximate surface area is 132 Å². The van der Waals surface area contributed by atoms with Crippen molar-refractivity contribution in [1.82, 2.24) is 4.90 Å². The third-order valence-electron chi connectivity index (χ3n) is 3.75. The molecule has 0 bridgehead atoms. The van der Waals surface area contributed by atoms with Gasteiger partial charge in [0.15, 0.2) is 0 Å². The van der Waals surface area contributed by atoms with E-state index in [1.165, 1.54) is 16.3 Å². The molecule has 0 aromatic heterocycles. The number of halogens is 1. The average Bonchev–Trinajstić information content (AvgIpc) is 2.50. The quantitative estimate of drug-likeness (QED) is 0.923. The van der Waals surface area contributed by atoms with Gasteiger partial charge >= 0.3 is 0 Å². The van der Waals surface area contributed by atoms with Crippen LogP contribution in [0.4, 0.5) is 0 Å². The number of hydrogen-bond acceptors (Lipinski definition) is 2. The Morgan fingerprint density at radius 3 is 2.57 bits per heavy atom. The average molecular weight is 307 g/mol. The van der Waals surface area contributed by atoms with Crippen molar-refractivity contribution < 1.29 is 4.79 Å². The zero-order valence-electron chi connectivity index (χ0n) is 12.6. The number of hydrogen-bond donors (Lipinski definition) is 1. The molecule has 0 radical (unpaired) electrons. The fourth-order valence-corrected chi connectivity index (χ4v) is 2.39. The van der Waals surface area contributed by atoms with Gasteiger partial charge in [-0.15, -0.1) is 12.4 Å². The number of carbonyl (C=O) groups is 1. The van der Waals surface area contributed by atoms with Crippen LogP contribution in [0.3, 0.4) is 0 Å². The Bertz CT molecular complexity index is 595. The van der Waals surface area contributed by atoms with Crippen LogP contribution in [0.25, 0.3) is 10.8 Å². The van der Waals surface area contributed by atoms with Gasteiger partial charge in [-0.3, -0.25) is 4.79 Å². The van der Waals surface area contributed by atoms with Gasteiger partial charge in [0.1, 0.15) is 0 Å². The third kappa shape index (κ3) is 4.19. The standard InChI is InChI=1S/C17H22N2O.ClH/c1-13(12-18)17(20)19(2)11-10-15-8-5-7-14-6-3-4-9-16(14)15;/h3-9,13H,10-12,18H2,1-2H3;1H. The summed E-state index contributed by atoms with van der Waals surface area (Å²) in [5.74, 6) is 0.0141. The summed E-state index contributed by atoms with van der Waals surface area (Å²) < 4.78 is 0. The molecule has 2 aromatic carbocycles. The summed E-state index contributed by atoms with van der Waals surface area (Å²) in [5.41, 5.74) is 6.83. The van der Waals surface area contributed by atoms with Crippen molar-refractivity contribution in [2.24, 2.45) is 11.7 Å². The molecule has 0 fully saturated rings. The van der Waals surface area contributed by atoms with Gasteiger partial charge in [-0.2, -0.15) is 0 Å². The van der Waals surface area contributed by atoms with E-state index >= 15 is 0 Å². The first-order chi connectivity index (χ1) is 9.63. The van der Waals surface area contributed by atoms with Crippen LogP contribution in [-0.4, -0.2) is 30.9 Å². The molecule has 1 unspecified atom stereocenters. The van der Waals surface area contributed by atoms with Gasteiger partial charge in [0.2, 0.25) is 5.91 Å². The summed E-state index contributed by atoms with van der Waals surface area (Å²) >= 11 is 0. The number of nitrogens with zero attached hydrogens (tertiary/aromatic N) is 1. The monoisotopic (exact) mass is 306 g/mol. The zero-order valence-corrected chi connectivity index (χ0v) is 13.4. The molecule has 2 N–H and O–H groups in total. The molecule has 1 amide bonds. The van der Waals surface area contributed by atoms with Crippen LogP contribution in [0, 0.1) is 5.92 Å². The molecule has 0 spiro atoms. The first kappa shape index (κ1) is 17.5. The summed E-state index contributed by atoms with van der Waals surface area (Å²) in [6, 6.07) is 14.7. The second-order valence-electron chi connectivity index (χ2n) is 5.28. The highest BCUT2D eigenvalue weighted by atomic mass is 35.5. The summed E-state index contributed by atoms with van der Waals surface area (Å²) in [5, 5.41) is 2.51. The molecular formula is C17H23ClN2O. The van der Waals surface area contributed by atoms with Crippen LogP contribution in [-0.2, 0) is 11.2 Å². The lowest BCUT2D eigenvalue weighted by Crippen LogP contribution is -2.36. The fourth-order valence-electron chi connectivity index (χ4n) is 2.39. The van der Waals surface area contributed by atoms with Crippen molar-refractivity contribution in [3.63, 3.8) is 0 Å². The second-order valence-corrected chi connectivity index (χ2v) is 5.28. The molecule has 0 saturated carbocycles. The number of amides is 1. The van der Waals surface area contributed by atoms with Crippen molar-refractivity contribution in [2.45, 2.75) is 13.3 Å². The summed E-state index contributed by atoms with van der Waals surface area (Å²) in [6.07, 6.45) is 0.862. The van der Waals surface area contributed by atoms with Crippen LogP contribution in [0.15, 0.2) is 42.5 Å². The van der Waals surface area contributed by atoms with Crippen molar-refractivity contribution in [3.05, 3.63) is 48.0 Å². The highest BCUT2D eigenvalue weighted by Crippen LogP contribution is 2.19. The van der Waals surface area contributed by atoms with E-state index in [0.717, 1.165) is 13.0 Å². The predicted octanol–water partition coefficient (Wildman–Crippen LogP) is 2.86. The SMILES string of the molecule is CC(CN)C(=O)N(C)CCc1cccc2ccccc12.Cl. The van der Waals surface area contributed by atoms with Gasteiger partial charge in [0.25, 0.3) is 0 Å². The predicted molar refractivity (Wildman–Crippen MR) is 90.8 cm³/mol. The molecule has 1 atom stereocenters. The second kappa shape index (κ2) is 8.01. The van der Waals surface area contributed by atoms with Crippen molar-refractivity contribution in [1.29, 1.82) is 0 Å². The van der Waals surface area contributed by atoms with Gasteiger partial charge in [-0.1, -0.05) is 49.4 Å². The van der Waals surface area contributed by atoms with E-state index in [1.54, 1.807) is 4.90 Å². The van der Waals surface area contributed by atoms with Gasteiger partial charge < -0.3 is 10.6 Å². The van der Waals surface area contributed by atoms with Gasteiger partial charge in [0, 0.05) is 26.1 Å². The van der Waals surface area contributed by atoms with Gasteiger partial charge in [0.05, 0.1) is 0 Å². The molecule has 0 aliphatic rings. The lowest BCUT2D eigenvalue weighted by atomic mass is 10.0. The highest BCUT2D eigenvalue weighted by Gasteiger charge is 2.15. The number of rotatable bonds is 5. The van der Waals surface area contributed by atoms with Crippen LogP contribution >= 0.6 is 12.4 Å². The molecule has 3 nitrogen and oxygen atoms in total. The molecule has 0 aliphatic heterocycles. The Morgan fingerprint density at radius 2 is 1.86 bits per heavy atom. The molecule has 0 saturated heterocycles.